The molecule has 6 heteroatoms. The number of hydrogen-bond donors (Lipinski definition) is 1. The molecule has 0 aliphatic rings. The molecule has 3 rings (SSSR count). The molecule has 0 saturated heterocycles. The van der Waals surface area contributed by atoms with Gasteiger partial charge in [-0.2, -0.15) is 16.4 Å². The third-order valence-corrected chi connectivity index (χ3v) is 4.70. The van der Waals surface area contributed by atoms with E-state index in [2.05, 4.69) is 39.1 Å². The van der Waals surface area contributed by atoms with Gasteiger partial charge in [0.25, 0.3) is 0 Å². The van der Waals surface area contributed by atoms with E-state index in [0.29, 0.717) is 11.7 Å². The van der Waals surface area contributed by atoms with Crippen LogP contribution in [-0.2, 0) is 13.6 Å². The van der Waals surface area contributed by atoms with Gasteiger partial charge < -0.3 is 10.1 Å². The number of hydrogen-bond acceptors (Lipinski definition) is 5. The standard InChI is InChI=1S/C18H22N4OS/c1-13(15-6-8-24-12-15)9-20-11-17-14(2)21-22(3)18(17)23-16-5-4-7-19-10-16/h4-8,10,12-13,20H,9,11H2,1-3H3. The maximum atomic E-state index is 5.99. The molecule has 3 aromatic heterocycles. The number of pyridine rings is 1. The number of thiophene rings is 1. The minimum absolute atomic E-state index is 0.482. The van der Waals surface area contributed by atoms with Gasteiger partial charge in [0, 0.05) is 26.3 Å². The number of aryl methyl sites for hydroxylation is 2. The summed E-state index contributed by atoms with van der Waals surface area (Å²) >= 11 is 1.74. The zero-order valence-electron chi connectivity index (χ0n) is 14.2. The number of rotatable bonds is 7. The summed E-state index contributed by atoms with van der Waals surface area (Å²) in [6.45, 7) is 5.88. The monoisotopic (exact) mass is 342 g/mol. The first-order valence-electron chi connectivity index (χ1n) is 7.98. The van der Waals surface area contributed by atoms with Gasteiger partial charge >= 0.3 is 0 Å². The normalized spacial score (nSPS) is 12.3. The van der Waals surface area contributed by atoms with E-state index in [-0.39, 0.29) is 0 Å². The van der Waals surface area contributed by atoms with Gasteiger partial charge in [0.15, 0.2) is 0 Å². The van der Waals surface area contributed by atoms with Gasteiger partial charge in [-0.15, -0.1) is 0 Å². The highest BCUT2D eigenvalue weighted by Crippen LogP contribution is 2.27. The summed E-state index contributed by atoms with van der Waals surface area (Å²) in [5, 5.41) is 12.3. The van der Waals surface area contributed by atoms with Crippen LogP contribution in [0, 0.1) is 6.92 Å². The third kappa shape index (κ3) is 3.83. The lowest BCUT2D eigenvalue weighted by Crippen LogP contribution is -2.20. The van der Waals surface area contributed by atoms with Crippen molar-refractivity contribution >= 4 is 11.3 Å². The largest absolute Gasteiger partial charge is 0.437 e. The van der Waals surface area contributed by atoms with Crippen LogP contribution >= 0.6 is 11.3 Å². The number of nitrogens with zero attached hydrogens (tertiary/aromatic N) is 3. The van der Waals surface area contributed by atoms with Crippen LogP contribution in [0.25, 0.3) is 0 Å². The van der Waals surface area contributed by atoms with Gasteiger partial charge in [0.05, 0.1) is 17.5 Å². The summed E-state index contributed by atoms with van der Waals surface area (Å²) in [5.74, 6) is 1.96. The fraction of sp³-hybridized carbons (Fsp3) is 0.333. The van der Waals surface area contributed by atoms with Gasteiger partial charge in [-0.25, -0.2) is 4.68 Å². The van der Waals surface area contributed by atoms with Crippen molar-refractivity contribution in [2.45, 2.75) is 26.3 Å². The molecule has 1 N–H and O–H groups in total. The summed E-state index contributed by atoms with van der Waals surface area (Å²) in [7, 11) is 1.90. The molecule has 0 saturated carbocycles. The van der Waals surface area contributed by atoms with Crippen LogP contribution in [0.2, 0.25) is 0 Å². The van der Waals surface area contributed by atoms with Crippen molar-refractivity contribution in [3.8, 4) is 11.6 Å². The van der Waals surface area contributed by atoms with Crippen LogP contribution in [0.5, 0.6) is 11.6 Å². The molecule has 0 fully saturated rings. The second-order valence-electron chi connectivity index (χ2n) is 5.87. The number of ether oxygens (including phenoxy) is 1. The Hall–Kier alpha value is -2.18. The van der Waals surface area contributed by atoms with Crippen molar-refractivity contribution in [1.82, 2.24) is 20.1 Å². The average Bonchev–Trinajstić information content (AvgIpc) is 3.19. The molecule has 126 valence electrons. The molecule has 3 aromatic rings. The zero-order chi connectivity index (χ0) is 16.9. The molecule has 5 nitrogen and oxygen atoms in total. The number of aromatic nitrogens is 3. The average molecular weight is 342 g/mol. The van der Waals surface area contributed by atoms with Crippen molar-refractivity contribution in [1.29, 1.82) is 0 Å². The van der Waals surface area contributed by atoms with E-state index < -0.39 is 0 Å². The van der Waals surface area contributed by atoms with Crippen molar-refractivity contribution in [3.63, 3.8) is 0 Å². The molecule has 1 unspecified atom stereocenters. The van der Waals surface area contributed by atoms with Crippen LogP contribution in [0.4, 0.5) is 0 Å². The van der Waals surface area contributed by atoms with E-state index >= 15 is 0 Å². The van der Waals surface area contributed by atoms with Crippen molar-refractivity contribution < 1.29 is 4.74 Å². The Morgan fingerprint density at radius 1 is 1.38 bits per heavy atom. The summed E-state index contributed by atoms with van der Waals surface area (Å²) in [4.78, 5) is 4.09. The van der Waals surface area contributed by atoms with Crippen LogP contribution in [0.3, 0.4) is 0 Å². The fourth-order valence-electron chi connectivity index (χ4n) is 2.62. The van der Waals surface area contributed by atoms with E-state index in [1.54, 1.807) is 28.4 Å². The van der Waals surface area contributed by atoms with Crippen LogP contribution in [-0.4, -0.2) is 21.3 Å². The van der Waals surface area contributed by atoms with E-state index in [0.717, 1.165) is 30.2 Å². The Morgan fingerprint density at radius 3 is 2.96 bits per heavy atom. The zero-order valence-corrected chi connectivity index (χ0v) is 15.0. The van der Waals surface area contributed by atoms with Gasteiger partial charge in [0.2, 0.25) is 5.88 Å². The first-order chi connectivity index (χ1) is 11.6. The maximum Gasteiger partial charge on any atom is 0.222 e. The molecular formula is C18H22N4OS. The van der Waals surface area contributed by atoms with Gasteiger partial charge in [-0.3, -0.25) is 4.98 Å². The predicted molar refractivity (Wildman–Crippen MR) is 96.7 cm³/mol. The molecule has 3 heterocycles. The summed E-state index contributed by atoms with van der Waals surface area (Å²) in [6.07, 6.45) is 3.44. The SMILES string of the molecule is Cc1nn(C)c(Oc2cccnc2)c1CNCC(C)c1ccsc1. The first-order valence-corrected chi connectivity index (χ1v) is 8.92. The maximum absolute atomic E-state index is 5.99. The molecule has 0 bridgehead atoms. The van der Waals surface area contributed by atoms with Gasteiger partial charge in [-0.05, 0) is 47.4 Å². The van der Waals surface area contributed by atoms with E-state index in [4.69, 9.17) is 4.74 Å². The smallest absolute Gasteiger partial charge is 0.222 e. The first kappa shape index (κ1) is 16.7. The Balaban J connectivity index is 1.67. The van der Waals surface area contributed by atoms with Crippen LogP contribution < -0.4 is 10.1 Å². The minimum Gasteiger partial charge on any atom is -0.437 e. The fourth-order valence-corrected chi connectivity index (χ4v) is 3.40. The van der Waals surface area contributed by atoms with E-state index in [1.165, 1.54) is 5.56 Å². The Labute approximate surface area is 146 Å². The van der Waals surface area contributed by atoms with E-state index in [1.807, 2.05) is 26.1 Å². The molecule has 0 aliphatic heterocycles. The summed E-state index contributed by atoms with van der Waals surface area (Å²) < 4.78 is 7.77. The molecule has 0 aromatic carbocycles. The highest BCUT2D eigenvalue weighted by molar-refractivity contribution is 7.07. The second kappa shape index (κ2) is 7.59. The summed E-state index contributed by atoms with van der Waals surface area (Å²) in [6, 6.07) is 5.94. The molecule has 24 heavy (non-hydrogen) atoms. The van der Waals surface area contributed by atoms with Crippen molar-refractivity contribution in [2.75, 3.05) is 6.54 Å². The van der Waals surface area contributed by atoms with Crippen LogP contribution in [0.1, 0.15) is 29.7 Å². The van der Waals surface area contributed by atoms with E-state index in [9.17, 15) is 0 Å². The minimum atomic E-state index is 0.482. The van der Waals surface area contributed by atoms with Gasteiger partial charge in [0.1, 0.15) is 5.75 Å². The summed E-state index contributed by atoms with van der Waals surface area (Å²) in [5.41, 5.74) is 3.44. The van der Waals surface area contributed by atoms with Crippen LogP contribution in [0.15, 0.2) is 41.4 Å². The third-order valence-electron chi connectivity index (χ3n) is 4.00. The highest BCUT2D eigenvalue weighted by Gasteiger charge is 2.16. The predicted octanol–water partition coefficient (Wildman–Crippen LogP) is 3.87. The Bertz CT molecular complexity index is 768. The van der Waals surface area contributed by atoms with Crippen molar-refractivity contribution in [2.24, 2.45) is 7.05 Å². The molecular weight excluding hydrogens is 320 g/mol. The molecule has 0 amide bonds. The Kier molecular flexibility index (Phi) is 5.27. The van der Waals surface area contributed by atoms with Crippen molar-refractivity contribution in [3.05, 3.63) is 58.2 Å². The molecule has 0 radical (unpaired) electrons. The lowest BCUT2D eigenvalue weighted by Gasteiger charge is -2.12. The molecule has 0 aliphatic carbocycles. The molecule has 0 spiro atoms. The Morgan fingerprint density at radius 2 is 2.25 bits per heavy atom. The van der Waals surface area contributed by atoms with Gasteiger partial charge in [-0.1, -0.05) is 6.92 Å². The lowest BCUT2D eigenvalue weighted by molar-refractivity contribution is 0.422. The lowest BCUT2D eigenvalue weighted by atomic mass is 10.1. The highest BCUT2D eigenvalue weighted by atomic mass is 32.1. The topological polar surface area (TPSA) is 52.0 Å². The number of nitrogens with one attached hydrogen (secondary N) is 1. The quantitative estimate of drug-likeness (QED) is 0.708. The second-order valence-corrected chi connectivity index (χ2v) is 6.65. The molecule has 1 atom stereocenters.